The van der Waals surface area contributed by atoms with Crippen molar-refractivity contribution in [2.75, 3.05) is 26.2 Å². The van der Waals surface area contributed by atoms with E-state index in [0.717, 1.165) is 25.0 Å². The lowest BCUT2D eigenvalue weighted by atomic mass is 10.0. The van der Waals surface area contributed by atoms with Crippen LogP contribution in [0.15, 0.2) is 4.99 Å². The monoisotopic (exact) mass is 379 g/mol. The van der Waals surface area contributed by atoms with E-state index in [0.29, 0.717) is 0 Å². The van der Waals surface area contributed by atoms with Crippen molar-refractivity contribution in [3.63, 3.8) is 0 Å². The molecule has 0 bridgehead atoms. The second kappa shape index (κ2) is 9.83. The van der Waals surface area contributed by atoms with Gasteiger partial charge in [0.2, 0.25) is 0 Å². The molecule has 0 aromatic heterocycles. The maximum Gasteiger partial charge on any atom is 0.193 e. The molecule has 3 nitrogen and oxygen atoms in total. The summed E-state index contributed by atoms with van der Waals surface area (Å²) in [6.07, 6.45) is 11.2. The van der Waals surface area contributed by atoms with Gasteiger partial charge in [0.25, 0.3) is 0 Å². The Kier molecular flexibility index (Phi) is 8.83. The number of halogens is 1. The van der Waals surface area contributed by atoms with E-state index in [1.807, 2.05) is 0 Å². The molecule has 4 heteroatoms. The van der Waals surface area contributed by atoms with E-state index in [2.05, 4.69) is 17.1 Å². The van der Waals surface area contributed by atoms with E-state index in [-0.39, 0.29) is 24.0 Å². The Bertz CT molecular complexity index is 256. The van der Waals surface area contributed by atoms with Gasteiger partial charge in [-0.1, -0.05) is 25.7 Å². The van der Waals surface area contributed by atoms with Gasteiger partial charge < -0.3 is 10.2 Å². The van der Waals surface area contributed by atoms with Gasteiger partial charge in [-0.2, -0.15) is 0 Å². The third kappa shape index (κ3) is 5.88. The maximum atomic E-state index is 4.79. The Morgan fingerprint density at radius 2 is 1.84 bits per heavy atom. The molecule has 1 saturated heterocycles. The van der Waals surface area contributed by atoms with E-state index in [1.165, 1.54) is 64.5 Å². The van der Waals surface area contributed by atoms with E-state index in [1.54, 1.807) is 0 Å². The Morgan fingerprint density at radius 3 is 2.47 bits per heavy atom. The minimum absolute atomic E-state index is 0. The minimum Gasteiger partial charge on any atom is -0.357 e. The molecule has 0 radical (unpaired) electrons. The number of likely N-dealkylation sites (tertiary alicyclic amines) is 1. The number of rotatable bonds is 5. The summed E-state index contributed by atoms with van der Waals surface area (Å²) in [7, 11) is 0. The molecule has 2 aliphatic rings. The summed E-state index contributed by atoms with van der Waals surface area (Å²) in [6.45, 7) is 6.53. The highest BCUT2D eigenvalue weighted by atomic mass is 127. The number of guanidine groups is 1. The van der Waals surface area contributed by atoms with Crippen molar-refractivity contribution in [2.45, 2.75) is 58.3 Å². The van der Waals surface area contributed by atoms with Crippen LogP contribution in [0.25, 0.3) is 0 Å². The Hall–Kier alpha value is 0. The molecule has 0 unspecified atom stereocenters. The Balaban J connectivity index is 0.00000180. The molecule has 0 atom stereocenters. The molecule has 1 aliphatic heterocycles. The summed E-state index contributed by atoms with van der Waals surface area (Å²) in [4.78, 5) is 7.20. The van der Waals surface area contributed by atoms with Crippen LogP contribution in [0.2, 0.25) is 0 Å². The second-order valence-corrected chi connectivity index (χ2v) is 5.72. The van der Waals surface area contributed by atoms with Crippen molar-refractivity contribution in [2.24, 2.45) is 10.9 Å². The van der Waals surface area contributed by atoms with Gasteiger partial charge in [0.1, 0.15) is 0 Å². The predicted octanol–water partition coefficient (Wildman–Crippen LogP) is 3.64. The molecule has 0 aromatic rings. The van der Waals surface area contributed by atoms with E-state index in [9.17, 15) is 0 Å². The van der Waals surface area contributed by atoms with Crippen molar-refractivity contribution >= 4 is 29.9 Å². The van der Waals surface area contributed by atoms with Gasteiger partial charge in [-0.15, -0.1) is 24.0 Å². The van der Waals surface area contributed by atoms with Crippen LogP contribution in [0, 0.1) is 5.92 Å². The standard InChI is InChI=1S/C15H29N3.HI/c1-2-16-15(18-12-5-6-13-18)17-11-7-10-14-8-3-4-9-14;/h14H,2-13H2,1H3,(H,16,17);1H. The van der Waals surface area contributed by atoms with Crippen LogP contribution in [-0.2, 0) is 0 Å². The first-order valence-electron chi connectivity index (χ1n) is 7.93. The SMILES string of the molecule is CCNC(=NCCCC1CCCC1)N1CCCC1.I. The number of nitrogens with one attached hydrogen (secondary N) is 1. The molecular formula is C15H30IN3. The van der Waals surface area contributed by atoms with Gasteiger partial charge in [0.05, 0.1) is 0 Å². The predicted molar refractivity (Wildman–Crippen MR) is 93.4 cm³/mol. The molecule has 1 N–H and O–H groups in total. The second-order valence-electron chi connectivity index (χ2n) is 5.72. The summed E-state index contributed by atoms with van der Waals surface area (Å²) in [5.41, 5.74) is 0. The van der Waals surface area contributed by atoms with Crippen molar-refractivity contribution in [3.05, 3.63) is 0 Å². The van der Waals surface area contributed by atoms with Crippen LogP contribution >= 0.6 is 24.0 Å². The summed E-state index contributed by atoms with van der Waals surface area (Å²) in [5.74, 6) is 2.16. The first kappa shape index (κ1) is 17.1. The summed E-state index contributed by atoms with van der Waals surface area (Å²) < 4.78 is 0. The first-order chi connectivity index (χ1) is 8.90. The van der Waals surface area contributed by atoms with Gasteiger partial charge >= 0.3 is 0 Å². The van der Waals surface area contributed by atoms with Crippen LogP contribution in [0.5, 0.6) is 0 Å². The molecule has 1 aliphatic carbocycles. The van der Waals surface area contributed by atoms with Gasteiger partial charge in [0, 0.05) is 26.2 Å². The minimum atomic E-state index is 0. The van der Waals surface area contributed by atoms with Crippen molar-refractivity contribution in [1.82, 2.24) is 10.2 Å². The van der Waals surface area contributed by atoms with E-state index in [4.69, 9.17) is 4.99 Å². The third-order valence-corrected chi connectivity index (χ3v) is 4.25. The summed E-state index contributed by atoms with van der Waals surface area (Å²) in [5, 5.41) is 3.43. The lowest BCUT2D eigenvalue weighted by molar-refractivity contribution is 0.476. The first-order valence-corrected chi connectivity index (χ1v) is 7.93. The highest BCUT2D eigenvalue weighted by Crippen LogP contribution is 2.28. The van der Waals surface area contributed by atoms with Gasteiger partial charge in [0.15, 0.2) is 5.96 Å². The molecule has 2 fully saturated rings. The largest absolute Gasteiger partial charge is 0.357 e. The van der Waals surface area contributed by atoms with Crippen molar-refractivity contribution < 1.29 is 0 Å². The zero-order valence-electron chi connectivity index (χ0n) is 12.4. The molecule has 0 aromatic carbocycles. The lowest BCUT2D eigenvalue weighted by Gasteiger charge is -2.20. The van der Waals surface area contributed by atoms with Gasteiger partial charge in [-0.25, -0.2) is 0 Å². The van der Waals surface area contributed by atoms with E-state index >= 15 is 0 Å². The highest BCUT2D eigenvalue weighted by Gasteiger charge is 2.16. The number of nitrogens with zero attached hydrogens (tertiary/aromatic N) is 2. The number of hydrogen-bond donors (Lipinski definition) is 1. The fraction of sp³-hybridized carbons (Fsp3) is 0.933. The molecule has 112 valence electrons. The smallest absolute Gasteiger partial charge is 0.193 e. The van der Waals surface area contributed by atoms with Crippen molar-refractivity contribution in [1.29, 1.82) is 0 Å². The average Bonchev–Trinajstić information content (AvgIpc) is 3.05. The lowest BCUT2D eigenvalue weighted by Crippen LogP contribution is -2.39. The molecule has 2 rings (SSSR count). The van der Waals surface area contributed by atoms with Crippen LogP contribution in [0.3, 0.4) is 0 Å². The molecular weight excluding hydrogens is 349 g/mol. The van der Waals surface area contributed by atoms with Crippen LogP contribution in [0.1, 0.15) is 58.3 Å². The summed E-state index contributed by atoms with van der Waals surface area (Å²) in [6, 6.07) is 0. The van der Waals surface area contributed by atoms with Crippen LogP contribution < -0.4 is 5.32 Å². The molecule has 19 heavy (non-hydrogen) atoms. The normalized spacial score (nSPS) is 20.7. The molecule has 0 spiro atoms. The fourth-order valence-electron chi connectivity index (χ4n) is 3.22. The van der Waals surface area contributed by atoms with Gasteiger partial charge in [-0.05, 0) is 38.5 Å². The Morgan fingerprint density at radius 1 is 1.16 bits per heavy atom. The molecule has 1 saturated carbocycles. The highest BCUT2D eigenvalue weighted by molar-refractivity contribution is 14.0. The van der Waals surface area contributed by atoms with Crippen LogP contribution in [0.4, 0.5) is 0 Å². The van der Waals surface area contributed by atoms with Gasteiger partial charge in [-0.3, -0.25) is 4.99 Å². The zero-order valence-corrected chi connectivity index (χ0v) is 14.7. The topological polar surface area (TPSA) is 27.6 Å². The Labute approximate surface area is 135 Å². The average molecular weight is 379 g/mol. The number of aliphatic imine (C=N–C) groups is 1. The molecule has 0 amide bonds. The molecule has 1 heterocycles. The maximum absolute atomic E-state index is 4.79. The fourth-order valence-corrected chi connectivity index (χ4v) is 3.22. The number of hydrogen-bond acceptors (Lipinski definition) is 1. The third-order valence-electron chi connectivity index (χ3n) is 4.25. The van der Waals surface area contributed by atoms with Crippen molar-refractivity contribution in [3.8, 4) is 0 Å². The van der Waals surface area contributed by atoms with Crippen LogP contribution in [-0.4, -0.2) is 37.0 Å². The quantitative estimate of drug-likeness (QED) is 0.342. The zero-order chi connectivity index (χ0) is 12.6. The van der Waals surface area contributed by atoms with E-state index < -0.39 is 0 Å². The summed E-state index contributed by atoms with van der Waals surface area (Å²) >= 11 is 0.